The first kappa shape index (κ1) is 13.5. The fourth-order valence-electron chi connectivity index (χ4n) is 2.38. The SMILES string of the molecule is CCn1ncnc1CN(C)CC1(O)CCOCC1. The fraction of sp³-hybridized carbons (Fsp3) is 0.833. The highest BCUT2D eigenvalue weighted by atomic mass is 16.5. The normalized spacial score (nSPS) is 19.3. The summed E-state index contributed by atoms with van der Waals surface area (Å²) in [5.41, 5.74) is -0.621. The van der Waals surface area contributed by atoms with Crippen molar-refractivity contribution in [3.63, 3.8) is 0 Å². The summed E-state index contributed by atoms with van der Waals surface area (Å²) in [5, 5.41) is 14.6. The first-order valence-corrected chi connectivity index (χ1v) is 6.48. The summed E-state index contributed by atoms with van der Waals surface area (Å²) in [7, 11) is 2.00. The minimum atomic E-state index is -0.621. The lowest BCUT2D eigenvalue weighted by Gasteiger charge is -2.35. The van der Waals surface area contributed by atoms with Crippen LogP contribution in [0.15, 0.2) is 6.33 Å². The molecule has 6 heteroatoms. The van der Waals surface area contributed by atoms with E-state index in [-0.39, 0.29) is 0 Å². The van der Waals surface area contributed by atoms with Crippen molar-refractivity contribution in [3.05, 3.63) is 12.2 Å². The first-order chi connectivity index (χ1) is 8.63. The van der Waals surface area contributed by atoms with Crippen LogP contribution in [-0.4, -0.2) is 57.2 Å². The molecule has 0 radical (unpaired) electrons. The number of hydrogen-bond acceptors (Lipinski definition) is 5. The monoisotopic (exact) mass is 254 g/mol. The highest BCUT2D eigenvalue weighted by Crippen LogP contribution is 2.21. The van der Waals surface area contributed by atoms with E-state index in [0.717, 1.165) is 12.4 Å². The van der Waals surface area contributed by atoms with Gasteiger partial charge in [-0.15, -0.1) is 0 Å². The Kier molecular flexibility index (Phi) is 4.31. The highest BCUT2D eigenvalue weighted by molar-refractivity contribution is 4.88. The Bertz CT molecular complexity index is 374. The molecule has 1 fully saturated rings. The van der Waals surface area contributed by atoms with E-state index in [0.29, 0.717) is 39.1 Å². The zero-order valence-electron chi connectivity index (χ0n) is 11.2. The fourth-order valence-corrected chi connectivity index (χ4v) is 2.38. The number of hydrogen-bond donors (Lipinski definition) is 1. The number of ether oxygens (including phenoxy) is 1. The molecule has 1 aliphatic rings. The molecule has 6 nitrogen and oxygen atoms in total. The third kappa shape index (κ3) is 3.28. The minimum Gasteiger partial charge on any atom is -0.388 e. The molecule has 0 atom stereocenters. The van der Waals surface area contributed by atoms with Gasteiger partial charge in [-0.1, -0.05) is 0 Å². The van der Waals surface area contributed by atoms with E-state index in [4.69, 9.17) is 4.74 Å². The molecule has 1 aliphatic heterocycles. The van der Waals surface area contributed by atoms with E-state index in [2.05, 4.69) is 15.0 Å². The second-order valence-corrected chi connectivity index (χ2v) is 5.00. The van der Waals surface area contributed by atoms with Gasteiger partial charge in [0.05, 0.1) is 12.1 Å². The van der Waals surface area contributed by atoms with E-state index >= 15 is 0 Å². The number of aliphatic hydroxyl groups is 1. The van der Waals surface area contributed by atoms with Crippen molar-refractivity contribution in [1.29, 1.82) is 0 Å². The Morgan fingerprint density at radius 2 is 2.22 bits per heavy atom. The van der Waals surface area contributed by atoms with Gasteiger partial charge in [-0.3, -0.25) is 4.90 Å². The number of likely N-dealkylation sites (N-methyl/N-ethyl adjacent to an activating group) is 1. The lowest BCUT2D eigenvalue weighted by molar-refractivity contribution is -0.0780. The largest absolute Gasteiger partial charge is 0.388 e. The van der Waals surface area contributed by atoms with Gasteiger partial charge in [0.1, 0.15) is 12.2 Å². The maximum Gasteiger partial charge on any atom is 0.140 e. The van der Waals surface area contributed by atoms with Crippen LogP contribution < -0.4 is 0 Å². The molecule has 0 unspecified atom stereocenters. The summed E-state index contributed by atoms with van der Waals surface area (Å²) in [6, 6.07) is 0. The average molecular weight is 254 g/mol. The molecule has 2 rings (SSSR count). The van der Waals surface area contributed by atoms with Crippen LogP contribution in [-0.2, 0) is 17.8 Å². The van der Waals surface area contributed by atoms with Crippen LogP contribution in [0.2, 0.25) is 0 Å². The zero-order valence-corrected chi connectivity index (χ0v) is 11.2. The van der Waals surface area contributed by atoms with Crippen LogP contribution in [0, 0.1) is 0 Å². The predicted octanol–water partition coefficient (Wildman–Crippen LogP) is 0.271. The number of aryl methyl sites for hydroxylation is 1. The molecule has 18 heavy (non-hydrogen) atoms. The molecule has 0 spiro atoms. The molecule has 1 aromatic heterocycles. The standard InChI is InChI=1S/C12H22N4O2/c1-3-16-11(13-10-14-16)8-15(2)9-12(17)4-6-18-7-5-12/h10,17H,3-9H2,1-2H3. The van der Waals surface area contributed by atoms with Crippen molar-refractivity contribution < 1.29 is 9.84 Å². The molecule has 1 N–H and O–H groups in total. The van der Waals surface area contributed by atoms with Gasteiger partial charge in [0.15, 0.2) is 0 Å². The average Bonchev–Trinajstić information content (AvgIpc) is 2.76. The van der Waals surface area contributed by atoms with Gasteiger partial charge in [0.25, 0.3) is 0 Å². The third-order valence-corrected chi connectivity index (χ3v) is 3.39. The van der Waals surface area contributed by atoms with Crippen LogP contribution in [0.3, 0.4) is 0 Å². The van der Waals surface area contributed by atoms with Gasteiger partial charge in [-0.2, -0.15) is 5.10 Å². The van der Waals surface area contributed by atoms with Crippen LogP contribution in [0.4, 0.5) is 0 Å². The highest BCUT2D eigenvalue weighted by Gasteiger charge is 2.31. The van der Waals surface area contributed by atoms with Crippen molar-refractivity contribution in [1.82, 2.24) is 19.7 Å². The molecule has 0 aromatic carbocycles. The molecule has 2 heterocycles. The number of nitrogens with zero attached hydrogens (tertiary/aromatic N) is 4. The third-order valence-electron chi connectivity index (χ3n) is 3.39. The molecule has 0 aliphatic carbocycles. The van der Waals surface area contributed by atoms with Gasteiger partial charge >= 0.3 is 0 Å². The van der Waals surface area contributed by atoms with E-state index in [1.807, 2.05) is 18.7 Å². The molecular weight excluding hydrogens is 232 g/mol. The maximum absolute atomic E-state index is 10.4. The van der Waals surface area contributed by atoms with Crippen LogP contribution in [0.1, 0.15) is 25.6 Å². The van der Waals surface area contributed by atoms with E-state index < -0.39 is 5.60 Å². The van der Waals surface area contributed by atoms with Gasteiger partial charge in [-0.05, 0) is 14.0 Å². The maximum atomic E-state index is 10.4. The Balaban J connectivity index is 1.90. The van der Waals surface area contributed by atoms with Gasteiger partial charge in [0, 0.05) is 39.1 Å². The van der Waals surface area contributed by atoms with E-state index in [9.17, 15) is 5.11 Å². The summed E-state index contributed by atoms with van der Waals surface area (Å²) in [6.07, 6.45) is 2.99. The van der Waals surface area contributed by atoms with Crippen molar-refractivity contribution in [2.75, 3.05) is 26.8 Å². The van der Waals surface area contributed by atoms with Crippen molar-refractivity contribution in [2.45, 2.75) is 38.5 Å². The summed E-state index contributed by atoms with van der Waals surface area (Å²) in [4.78, 5) is 6.35. The second kappa shape index (κ2) is 5.77. The molecule has 0 saturated carbocycles. The Morgan fingerprint density at radius 3 is 2.89 bits per heavy atom. The smallest absolute Gasteiger partial charge is 0.140 e. The Morgan fingerprint density at radius 1 is 1.50 bits per heavy atom. The van der Waals surface area contributed by atoms with Gasteiger partial charge in [-0.25, -0.2) is 9.67 Å². The van der Waals surface area contributed by atoms with E-state index in [1.165, 1.54) is 0 Å². The predicted molar refractivity (Wildman–Crippen MR) is 67.0 cm³/mol. The van der Waals surface area contributed by atoms with E-state index in [1.54, 1.807) is 6.33 Å². The Labute approximate surface area is 108 Å². The summed E-state index contributed by atoms with van der Waals surface area (Å²) in [6.45, 7) is 5.51. The molecular formula is C12H22N4O2. The lowest BCUT2D eigenvalue weighted by atomic mass is 9.94. The molecule has 0 amide bonds. The van der Waals surface area contributed by atoms with Crippen molar-refractivity contribution >= 4 is 0 Å². The quantitative estimate of drug-likeness (QED) is 0.817. The molecule has 0 bridgehead atoms. The van der Waals surface area contributed by atoms with Crippen molar-refractivity contribution in [3.8, 4) is 0 Å². The summed E-state index contributed by atoms with van der Waals surface area (Å²) >= 11 is 0. The summed E-state index contributed by atoms with van der Waals surface area (Å²) in [5.74, 6) is 0.940. The van der Waals surface area contributed by atoms with Crippen LogP contribution in [0.5, 0.6) is 0 Å². The van der Waals surface area contributed by atoms with Crippen LogP contribution in [0.25, 0.3) is 0 Å². The minimum absolute atomic E-state index is 0.621. The Hall–Kier alpha value is -0.980. The zero-order chi connectivity index (χ0) is 13.0. The molecule has 102 valence electrons. The van der Waals surface area contributed by atoms with Gasteiger partial charge < -0.3 is 9.84 Å². The van der Waals surface area contributed by atoms with Gasteiger partial charge in [0.2, 0.25) is 0 Å². The molecule has 1 saturated heterocycles. The lowest BCUT2D eigenvalue weighted by Crippen LogP contribution is -2.45. The number of rotatable bonds is 5. The first-order valence-electron chi connectivity index (χ1n) is 6.48. The van der Waals surface area contributed by atoms with Crippen LogP contribution >= 0.6 is 0 Å². The molecule has 1 aromatic rings. The van der Waals surface area contributed by atoms with Crippen molar-refractivity contribution in [2.24, 2.45) is 0 Å². The summed E-state index contributed by atoms with van der Waals surface area (Å²) < 4.78 is 7.16. The second-order valence-electron chi connectivity index (χ2n) is 5.00. The number of aromatic nitrogens is 3. The topological polar surface area (TPSA) is 63.4 Å².